The second-order valence-electron chi connectivity index (χ2n) is 6.64. The Balaban J connectivity index is 1.58. The predicted molar refractivity (Wildman–Crippen MR) is 110 cm³/mol. The lowest BCUT2D eigenvalue weighted by atomic mass is 10.0. The second kappa shape index (κ2) is 8.69. The summed E-state index contributed by atoms with van der Waals surface area (Å²) < 4.78 is 32.2. The third-order valence-corrected chi connectivity index (χ3v) is 6.64. The van der Waals surface area contributed by atoms with Crippen LogP contribution in [-0.2, 0) is 14.8 Å². The van der Waals surface area contributed by atoms with E-state index in [2.05, 4.69) is 15.3 Å². The molecule has 7 nitrogen and oxygen atoms in total. The van der Waals surface area contributed by atoms with Gasteiger partial charge in [-0.2, -0.15) is 4.31 Å². The molecule has 0 amide bonds. The van der Waals surface area contributed by atoms with E-state index in [-0.39, 0.29) is 10.9 Å². The first-order valence-corrected chi connectivity index (χ1v) is 10.8. The lowest BCUT2D eigenvalue weighted by Gasteiger charge is -2.26. The van der Waals surface area contributed by atoms with Crippen LogP contribution in [0, 0.1) is 0 Å². The molecule has 0 aliphatic carbocycles. The molecule has 1 aliphatic heterocycles. The Morgan fingerprint density at radius 2 is 1.69 bits per heavy atom. The zero-order chi connectivity index (χ0) is 20.1. The van der Waals surface area contributed by atoms with E-state index >= 15 is 0 Å². The zero-order valence-corrected chi connectivity index (χ0v) is 16.6. The Morgan fingerprint density at radius 3 is 2.34 bits per heavy atom. The molecule has 1 N–H and O–H groups in total. The van der Waals surface area contributed by atoms with Crippen molar-refractivity contribution < 1.29 is 13.2 Å². The van der Waals surface area contributed by atoms with Crippen LogP contribution in [0.25, 0.3) is 0 Å². The number of ether oxygens (including phenoxy) is 1. The van der Waals surface area contributed by atoms with Crippen LogP contribution in [0.3, 0.4) is 0 Å². The maximum absolute atomic E-state index is 12.8. The SMILES string of the molecule is O=S(=O)(c1ccc(NC(c2ccccc2)c2ccccn2)nc1)N1CCOCC1. The fourth-order valence-corrected chi connectivity index (χ4v) is 4.58. The van der Waals surface area contributed by atoms with Crippen molar-refractivity contribution >= 4 is 15.8 Å². The molecule has 0 radical (unpaired) electrons. The van der Waals surface area contributed by atoms with Gasteiger partial charge < -0.3 is 10.1 Å². The van der Waals surface area contributed by atoms with Crippen molar-refractivity contribution in [2.75, 3.05) is 31.6 Å². The fourth-order valence-electron chi connectivity index (χ4n) is 3.22. The summed E-state index contributed by atoms with van der Waals surface area (Å²) in [4.78, 5) is 9.00. The summed E-state index contributed by atoms with van der Waals surface area (Å²) in [6.07, 6.45) is 3.14. The summed E-state index contributed by atoms with van der Waals surface area (Å²) >= 11 is 0. The topological polar surface area (TPSA) is 84.4 Å². The molecule has 29 heavy (non-hydrogen) atoms. The molecule has 1 aliphatic rings. The number of morpholine rings is 1. The third-order valence-electron chi connectivity index (χ3n) is 4.75. The first-order valence-electron chi connectivity index (χ1n) is 9.41. The highest BCUT2D eigenvalue weighted by Gasteiger charge is 2.26. The molecule has 2 aromatic heterocycles. The van der Waals surface area contributed by atoms with Crippen molar-refractivity contribution in [3.63, 3.8) is 0 Å². The van der Waals surface area contributed by atoms with Crippen LogP contribution in [0.15, 0.2) is 78.0 Å². The first-order chi connectivity index (χ1) is 14.1. The molecule has 1 fully saturated rings. The molecule has 0 bridgehead atoms. The van der Waals surface area contributed by atoms with Gasteiger partial charge in [-0.25, -0.2) is 13.4 Å². The van der Waals surface area contributed by atoms with E-state index in [9.17, 15) is 8.42 Å². The number of hydrogen-bond acceptors (Lipinski definition) is 6. The normalized spacial score (nSPS) is 16.3. The van der Waals surface area contributed by atoms with Crippen LogP contribution >= 0.6 is 0 Å². The molecule has 1 saturated heterocycles. The molecule has 150 valence electrons. The number of hydrogen-bond donors (Lipinski definition) is 1. The average molecular weight is 410 g/mol. The van der Waals surface area contributed by atoms with Gasteiger partial charge >= 0.3 is 0 Å². The Kier molecular flexibility index (Phi) is 5.84. The van der Waals surface area contributed by atoms with Gasteiger partial charge in [0.25, 0.3) is 0 Å². The van der Waals surface area contributed by atoms with E-state index in [1.165, 1.54) is 10.5 Å². The van der Waals surface area contributed by atoms with Gasteiger partial charge in [0.2, 0.25) is 10.0 Å². The molecular formula is C21H22N4O3S. The van der Waals surface area contributed by atoms with Crippen molar-refractivity contribution in [2.24, 2.45) is 0 Å². The summed E-state index contributed by atoms with van der Waals surface area (Å²) in [5, 5.41) is 3.37. The molecule has 3 heterocycles. The number of anilines is 1. The van der Waals surface area contributed by atoms with Crippen molar-refractivity contribution in [3.8, 4) is 0 Å². The Bertz CT molecular complexity index is 983. The molecule has 1 atom stereocenters. The van der Waals surface area contributed by atoms with Crippen molar-refractivity contribution in [1.82, 2.24) is 14.3 Å². The van der Waals surface area contributed by atoms with E-state index in [0.717, 1.165) is 11.3 Å². The van der Waals surface area contributed by atoms with Crippen LogP contribution in [0.1, 0.15) is 17.3 Å². The number of pyridine rings is 2. The van der Waals surface area contributed by atoms with Gasteiger partial charge in [0.05, 0.1) is 24.9 Å². The number of rotatable bonds is 6. The highest BCUT2D eigenvalue weighted by molar-refractivity contribution is 7.89. The van der Waals surface area contributed by atoms with Crippen molar-refractivity contribution in [3.05, 3.63) is 84.3 Å². The molecule has 1 aromatic carbocycles. The number of aromatic nitrogens is 2. The molecular weight excluding hydrogens is 388 g/mol. The maximum Gasteiger partial charge on any atom is 0.244 e. The van der Waals surface area contributed by atoms with Gasteiger partial charge in [-0.3, -0.25) is 4.98 Å². The van der Waals surface area contributed by atoms with Gasteiger partial charge in [-0.05, 0) is 29.8 Å². The Hall–Kier alpha value is -2.81. The van der Waals surface area contributed by atoms with Gasteiger partial charge in [0.15, 0.2) is 0 Å². The minimum Gasteiger partial charge on any atom is -0.379 e. The predicted octanol–water partition coefficient (Wildman–Crippen LogP) is 2.70. The van der Waals surface area contributed by atoms with Gasteiger partial charge in [-0.15, -0.1) is 0 Å². The first kappa shape index (κ1) is 19.5. The molecule has 8 heteroatoms. The van der Waals surface area contributed by atoms with Crippen LogP contribution in [0.4, 0.5) is 5.82 Å². The number of sulfonamides is 1. The molecule has 4 rings (SSSR count). The van der Waals surface area contributed by atoms with E-state index in [1.54, 1.807) is 18.3 Å². The van der Waals surface area contributed by atoms with E-state index in [0.29, 0.717) is 32.1 Å². The second-order valence-corrected chi connectivity index (χ2v) is 8.58. The van der Waals surface area contributed by atoms with E-state index in [1.807, 2.05) is 48.5 Å². The highest BCUT2D eigenvalue weighted by atomic mass is 32.2. The van der Waals surface area contributed by atoms with Gasteiger partial charge in [0, 0.05) is 25.5 Å². The quantitative estimate of drug-likeness (QED) is 0.673. The molecule has 1 unspecified atom stereocenters. The fraction of sp³-hybridized carbons (Fsp3) is 0.238. The Labute approximate surface area is 170 Å². The van der Waals surface area contributed by atoms with E-state index in [4.69, 9.17) is 4.74 Å². The lowest BCUT2D eigenvalue weighted by molar-refractivity contribution is 0.0730. The average Bonchev–Trinajstić information content (AvgIpc) is 2.79. The largest absolute Gasteiger partial charge is 0.379 e. The summed E-state index contributed by atoms with van der Waals surface area (Å²) in [7, 11) is -3.56. The number of nitrogens with one attached hydrogen (secondary N) is 1. The smallest absolute Gasteiger partial charge is 0.244 e. The van der Waals surface area contributed by atoms with Crippen LogP contribution in [0.2, 0.25) is 0 Å². The zero-order valence-electron chi connectivity index (χ0n) is 15.8. The van der Waals surface area contributed by atoms with Gasteiger partial charge in [0.1, 0.15) is 10.7 Å². The molecule has 3 aromatic rings. The summed E-state index contributed by atoms with van der Waals surface area (Å²) in [5.41, 5.74) is 1.89. The summed E-state index contributed by atoms with van der Waals surface area (Å²) in [6.45, 7) is 1.54. The van der Waals surface area contributed by atoms with Crippen LogP contribution in [-0.4, -0.2) is 49.0 Å². The minimum absolute atomic E-state index is 0.180. The third kappa shape index (κ3) is 4.45. The number of nitrogens with zero attached hydrogens (tertiary/aromatic N) is 3. The lowest BCUT2D eigenvalue weighted by Crippen LogP contribution is -2.40. The molecule has 0 saturated carbocycles. The van der Waals surface area contributed by atoms with Crippen LogP contribution in [0.5, 0.6) is 0 Å². The number of benzene rings is 1. The van der Waals surface area contributed by atoms with Crippen LogP contribution < -0.4 is 5.32 Å². The van der Waals surface area contributed by atoms with E-state index < -0.39 is 10.0 Å². The Morgan fingerprint density at radius 1 is 0.931 bits per heavy atom. The summed E-state index contributed by atoms with van der Waals surface area (Å²) in [5.74, 6) is 0.574. The monoisotopic (exact) mass is 410 g/mol. The highest BCUT2D eigenvalue weighted by Crippen LogP contribution is 2.25. The van der Waals surface area contributed by atoms with Gasteiger partial charge in [-0.1, -0.05) is 36.4 Å². The molecule has 0 spiro atoms. The maximum atomic E-state index is 12.8. The standard InChI is InChI=1S/C21H22N4O3S/c26-29(27,25-12-14-28-15-13-25)18-9-10-20(23-16-18)24-21(17-6-2-1-3-7-17)19-8-4-5-11-22-19/h1-11,16,21H,12-15H2,(H,23,24). The summed E-state index contributed by atoms with van der Waals surface area (Å²) in [6, 6.07) is 18.8. The van der Waals surface area contributed by atoms with Crippen molar-refractivity contribution in [1.29, 1.82) is 0 Å². The van der Waals surface area contributed by atoms with Crippen molar-refractivity contribution in [2.45, 2.75) is 10.9 Å². The minimum atomic E-state index is -3.56.